The third kappa shape index (κ3) is 3.50. The molecule has 6 heteroatoms. The van der Waals surface area contributed by atoms with E-state index in [0.29, 0.717) is 18.5 Å². The van der Waals surface area contributed by atoms with Crippen LogP contribution in [0, 0.1) is 0 Å². The van der Waals surface area contributed by atoms with Crippen LogP contribution in [0.4, 0.5) is 0 Å². The first-order valence-corrected chi connectivity index (χ1v) is 9.55. The minimum Gasteiger partial charge on any atom is -0.376 e. The van der Waals surface area contributed by atoms with Crippen LogP contribution in [0.1, 0.15) is 29.6 Å². The lowest BCUT2D eigenvalue weighted by molar-refractivity contribution is 0.0441. The Hall–Kier alpha value is -1.40. The van der Waals surface area contributed by atoms with Gasteiger partial charge in [0.05, 0.1) is 17.6 Å². The summed E-state index contributed by atoms with van der Waals surface area (Å²) >= 11 is 0. The number of nitrogens with zero attached hydrogens (tertiary/aromatic N) is 1. The lowest BCUT2D eigenvalue weighted by Crippen LogP contribution is -2.45. The molecule has 2 saturated heterocycles. The minimum atomic E-state index is -3.02. The van der Waals surface area contributed by atoms with E-state index in [1.165, 1.54) is 0 Å². The normalized spacial score (nSPS) is 26.9. The Kier molecular flexibility index (Phi) is 4.49. The number of amides is 1. The van der Waals surface area contributed by atoms with Crippen molar-refractivity contribution < 1.29 is 17.9 Å². The van der Waals surface area contributed by atoms with Gasteiger partial charge in [0.15, 0.2) is 9.84 Å². The molecule has 0 saturated carbocycles. The summed E-state index contributed by atoms with van der Waals surface area (Å²) in [4.78, 5) is 14.5. The smallest absolute Gasteiger partial charge is 0.254 e. The molecule has 2 fully saturated rings. The van der Waals surface area contributed by atoms with Crippen LogP contribution in [-0.4, -0.2) is 56.0 Å². The van der Waals surface area contributed by atoms with Crippen LogP contribution >= 0.6 is 0 Å². The van der Waals surface area contributed by atoms with Crippen molar-refractivity contribution in [2.45, 2.75) is 31.4 Å². The third-order valence-electron chi connectivity index (χ3n) is 4.36. The first kappa shape index (κ1) is 15.5. The molecule has 1 aromatic rings. The van der Waals surface area contributed by atoms with E-state index in [1.807, 2.05) is 18.2 Å². The van der Waals surface area contributed by atoms with E-state index in [1.54, 1.807) is 17.0 Å². The Morgan fingerprint density at radius 3 is 2.59 bits per heavy atom. The molecular weight excluding hydrogens is 302 g/mol. The van der Waals surface area contributed by atoms with Gasteiger partial charge in [0.1, 0.15) is 0 Å². The molecule has 0 unspecified atom stereocenters. The highest BCUT2D eigenvalue weighted by atomic mass is 32.2. The molecule has 0 spiro atoms. The maximum absolute atomic E-state index is 12.8. The number of carbonyl (C=O) groups excluding carboxylic acids is 1. The van der Waals surface area contributed by atoms with E-state index < -0.39 is 9.84 Å². The summed E-state index contributed by atoms with van der Waals surface area (Å²) in [5.41, 5.74) is 0.602. The molecule has 2 heterocycles. The van der Waals surface area contributed by atoms with Gasteiger partial charge in [-0.25, -0.2) is 8.42 Å². The molecule has 22 heavy (non-hydrogen) atoms. The Labute approximate surface area is 131 Å². The maximum Gasteiger partial charge on any atom is 0.254 e. The average molecular weight is 323 g/mol. The van der Waals surface area contributed by atoms with Gasteiger partial charge in [0.25, 0.3) is 5.91 Å². The van der Waals surface area contributed by atoms with Crippen molar-refractivity contribution >= 4 is 15.7 Å². The molecule has 1 amide bonds. The molecule has 0 radical (unpaired) electrons. The van der Waals surface area contributed by atoms with Crippen molar-refractivity contribution in [2.75, 3.05) is 24.7 Å². The van der Waals surface area contributed by atoms with Gasteiger partial charge in [-0.2, -0.15) is 0 Å². The van der Waals surface area contributed by atoms with Crippen LogP contribution in [0.2, 0.25) is 0 Å². The van der Waals surface area contributed by atoms with E-state index >= 15 is 0 Å². The third-order valence-corrected chi connectivity index (χ3v) is 6.11. The van der Waals surface area contributed by atoms with Crippen LogP contribution in [0.15, 0.2) is 30.3 Å². The fourth-order valence-electron chi connectivity index (χ4n) is 3.17. The van der Waals surface area contributed by atoms with Gasteiger partial charge in [-0.05, 0) is 31.4 Å². The molecule has 2 aliphatic heterocycles. The van der Waals surface area contributed by atoms with Crippen molar-refractivity contribution in [3.63, 3.8) is 0 Å². The summed E-state index contributed by atoms with van der Waals surface area (Å²) in [5.74, 6) is 0.137. The molecule has 2 atom stereocenters. The molecule has 120 valence electrons. The predicted molar refractivity (Wildman–Crippen MR) is 83.5 cm³/mol. The van der Waals surface area contributed by atoms with Crippen molar-refractivity contribution in [1.82, 2.24) is 4.90 Å². The number of sulfone groups is 1. The average Bonchev–Trinajstić information content (AvgIpc) is 3.14. The van der Waals surface area contributed by atoms with Gasteiger partial charge in [-0.15, -0.1) is 0 Å². The molecule has 5 nitrogen and oxygen atoms in total. The van der Waals surface area contributed by atoms with Crippen molar-refractivity contribution in [2.24, 2.45) is 0 Å². The fraction of sp³-hybridized carbons (Fsp3) is 0.562. The first-order chi connectivity index (χ1) is 10.6. The standard InChI is InChI=1S/C16H21NO4S/c18-16(13-5-2-1-3-6-13)17(11-15-7-4-9-21-15)14-8-10-22(19,20)12-14/h1-3,5-6,14-15H,4,7-12H2/t14-,15-/m1/s1. The molecule has 0 aliphatic carbocycles. The topological polar surface area (TPSA) is 63.7 Å². The number of rotatable bonds is 4. The van der Waals surface area contributed by atoms with Crippen LogP contribution in [0.3, 0.4) is 0 Å². The fourth-order valence-corrected chi connectivity index (χ4v) is 4.90. The highest BCUT2D eigenvalue weighted by Crippen LogP contribution is 2.23. The zero-order valence-electron chi connectivity index (χ0n) is 12.5. The van der Waals surface area contributed by atoms with Gasteiger partial charge in [0.2, 0.25) is 0 Å². The minimum absolute atomic E-state index is 0.0240. The predicted octanol–water partition coefficient (Wildman–Crippen LogP) is 1.49. The summed E-state index contributed by atoms with van der Waals surface area (Å²) < 4.78 is 29.2. The second kappa shape index (κ2) is 6.38. The highest BCUT2D eigenvalue weighted by Gasteiger charge is 2.36. The largest absolute Gasteiger partial charge is 0.376 e. The zero-order valence-corrected chi connectivity index (χ0v) is 13.3. The summed E-state index contributed by atoms with van der Waals surface area (Å²) in [6.45, 7) is 1.20. The number of carbonyl (C=O) groups is 1. The number of hydrogen-bond donors (Lipinski definition) is 0. The van der Waals surface area contributed by atoms with E-state index in [0.717, 1.165) is 19.4 Å². The summed E-state index contributed by atoms with van der Waals surface area (Å²) in [6.07, 6.45) is 2.48. The van der Waals surface area contributed by atoms with Gasteiger partial charge >= 0.3 is 0 Å². The molecule has 1 aromatic carbocycles. The number of hydrogen-bond acceptors (Lipinski definition) is 4. The van der Waals surface area contributed by atoms with Crippen molar-refractivity contribution in [3.8, 4) is 0 Å². The summed E-state index contributed by atoms with van der Waals surface area (Å²) in [6, 6.07) is 8.82. The lowest BCUT2D eigenvalue weighted by Gasteiger charge is -2.30. The maximum atomic E-state index is 12.8. The van der Waals surface area contributed by atoms with Gasteiger partial charge in [-0.1, -0.05) is 18.2 Å². The van der Waals surface area contributed by atoms with E-state index in [4.69, 9.17) is 4.74 Å². The van der Waals surface area contributed by atoms with E-state index in [9.17, 15) is 13.2 Å². The molecule has 0 aromatic heterocycles. The number of benzene rings is 1. The first-order valence-electron chi connectivity index (χ1n) is 7.73. The number of ether oxygens (including phenoxy) is 1. The van der Waals surface area contributed by atoms with Crippen LogP contribution in [-0.2, 0) is 14.6 Å². The summed E-state index contributed by atoms with van der Waals surface area (Å²) in [7, 11) is -3.02. The van der Waals surface area contributed by atoms with Crippen molar-refractivity contribution in [3.05, 3.63) is 35.9 Å². The van der Waals surface area contributed by atoms with E-state index in [2.05, 4.69) is 0 Å². The second-order valence-electron chi connectivity index (χ2n) is 6.02. The summed E-state index contributed by atoms with van der Waals surface area (Å²) in [5, 5.41) is 0. The van der Waals surface area contributed by atoms with Gasteiger partial charge in [-0.3, -0.25) is 4.79 Å². The SMILES string of the molecule is O=C(c1ccccc1)N(C[C@H]1CCCO1)[C@@H]1CCS(=O)(=O)C1. The van der Waals surface area contributed by atoms with Gasteiger partial charge in [0, 0.05) is 24.8 Å². The van der Waals surface area contributed by atoms with Crippen LogP contribution in [0.25, 0.3) is 0 Å². The van der Waals surface area contributed by atoms with Crippen molar-refractivity contribution in [1.29, 1.82) is 0 Å². The lowest BCUT2D eigenvalue weighted by atomic mass is 10.1. The Morgan fingerprint density at radius 1 is 1.23 bits per heavy atom. The molecule has 2 aliphatic rings. The molecule has 0 N–H and O–H groups in total. The van der Waals surface area contributed by atoms with Gasteiger partial charge < -0.3 is 9.64 Å². The quantitative estimate of drug-likeness (QED) is 0.842. The second-order valence-corrected chi connectivity index (χ2v) is 8.24. The molecular formula is C16H21NO4S. The zero-order chi connectivity index (χ0) is 15.6. The monoisotopic (exact) mass is 323 g/mol. The Morgan fingerprint density at radius 2 is 2.00 bits per heavy atom. The van der Waals surface area contributed by atoms with E-state index in [-0.39, 0.29) is 29.6 Å². The Bertz CT molecular complexity index is 623. The van der Waals surface area contributed by atoms with Crippen LogP contribution < -0.4 is 0 Å². The van der Waals surface area contributed by atoms with Crippen LogP contribution in [0.5, 0.6) is 0 Å². The molecule has 3 rings (SSSR count). The Balaban J connectivity index is 1.80. The highest BCUT2D eigenvalue weighted by molar-refractivity contribution is 7.91. The molecule has 0 bridgehead atoms.